The summed E-state index contributed by atoms with van der Waals surface area (Å²) in [5.74, 6) is -0.152. The van der Waals surface area contributed by atoms with Gasteiger partial charge in [-0.25, -0.2) is 9.37 Å². The van der Waals surface area contributed by atoms with E-state index in [2.05, 4.69) is 25.3 Å². The van der Waals surface area contributed by atoms with Crippen LogP contribution < -0.4 is 10.1 Å². The molecule has 1 atom stereocenters. The maximum absolute atomic E-state index is 15.0. The van der Waals surface area contributed by atoms with E-state index in [9.17, 15) is 14.0 Å². The third kappa shape index (κ3) is 6.47. The molecular formula is C31H31FN6O6. The number of carbonyl (C=O) groups is 2. The number of amides is 2. The number of furan rings is 1. The van der Waals surface area contributed by atoms with Crippen molar-refractivity contribution < 1.29 is 32.1 Å². The molecule has 13 heteroatoms. The van der Waals surface area contributed by atoms with Crippen LogP contribution >= 0.6 is 0 Å². The minimum atomic E-state index is -0.657. The lowest BCUT2D eigenvalue weighted by Crippen LogP contribution is -2.48. The number of oxazole rings is 1. The van der Waals surface area contributed by atoms with Gasteiger partial charge in [-0.15, -0.1) is 0 Å². The van der Waals surface area contributed by atoms with Crippen molar-refractivity contribution in [3.05, 3.63) is 72.8 Å². The van der Waals surface area contributed by atoms with Gasteiger partial charge >= 0.3 is 0 Å². The van der Waals surface area contributed by atoms with Gasteiger partial charge in [0.1, 0.15) is 23.1 Å². The van der Waals surface area contributed by atoms with Gasteiger partial charge in [0.05, 0.1) is 24.0 Å². The fraction of sp³-hybridized carbons (Fsp3) is 0.323. The lowest BCUT2D eigenvalue weighted by molar-refractivity contribution is -0.132. The number of hydrogen-bond acceptors (Lipinski definition) is 10. The van der Waals surface area contributed by atoms with Crippen LogP contribution in [0.4, 0.5) is 4.39 Å². The lowest BCUT2D eigenvalue weighted by Gasteiger charge is -2.25. The molecule has 1 aliphatic rings. The quantitative estimate of drug-likeness (QED) is 0.229. The fourth-order valence-corrected chi connectivity index (χ4v) is 5.17. The van der Waals surface area contributed by atoms with Crippen LogP contribution in [-0.4, -0.2) is 82.1 Å². The number of halogens is 1. The fourth-order valence-electron chi connectivity index (χ4n) is 5.17. The summed E-state index contributed by atoms with van der Waals surface area (Å²) in [6.07, 6.45) is 4.31. The minimum Gasteiger partial charge on any atom is -0.493 e. The summed E-state index contributed by atoms with van der Waals surface area (Å²) in [6, 6.07) is 12.4. The predicted molar refractivity (Wildman–Crippen MR) is 156 cm³/mol. The van der Waals surface area contributed by atoms with Gasteiger partial charge in [0.2, 0.25) is 11.7 Å². The summed E-state index contributed by atoms with van der Waals surface area (Å²) in [5, 5.41) is 6.65. The third-order valence-electron chi connectivity index (χ3n) is 7.45. The van der Waals surface area contributed by atoms with Crippen LogP contribution in [-0.2, 0) is 4.79 Å². The number of rotatable bonds is 10. The third-order valence-corrected chi connectivity index (χ3v) is 7.45. The molecule has 0 radical (unpaired) electrons. The van der Waals surface area contributed by atoms with Crippen molar-refractivity contribution in [2.75, 3.05) is 39.3 Å². The highest BCUT2D eigenvalue weighted by molar-refractivity contribution is 5.95. The highest BCUT2D eigenvalue weighted by Gasteiger charge is 2.25. The normalized spacial score (nSPS) is 14.8. The topological polar surface area (TPSA) is 140 Å². The van der Waals surface area contributed by atoms with E-state index < -0.39 is 17.8 Å². The number of carbonyl (C=O) groups excluding carboxylic acids is 2. The Kier molecular flexibility index (Phi) is 8.64. The van der Waals surface area contributed by atoms with Crippen molar-refractivity contribution in [2.24, 2.45) is 0 Å². The molecule has 0 unspecified atom stereocenters. The van der Waals surface area contributed by atoms with E-state index >= 15 is 0 Å². The van der Waals surface area contributed by atoms with Crippen LogP contribution in [0.1, 0.15) is 30.3 Å². The molecule has 228 valence electrons. The first-order valence-corrected chi connectivity index (χ1v) is 14.4. The van der Waals surface area contributed by atoms with Crippen LogP contribution in [0.15, 0.2) is 74.5 Å². The predicted octanol–water partition coefficient (Wildman–Crippen LogP) is 4.40. The Hall–Kier alpha value is -5.04. The van der Waals surface area contributed by atoms with Crippen molar-refractivity contribution in [3.8, 4) is 28.6 Å². The van der Waals surface area contributed by atoms with Gasteiger partial charge in [-0.3, -0.25) is 9.59 Å². The number of nitrogens with zero attached hydrogens (tertiary/aromatic N) is 5. The maximum atomic E-state index is 15.0. The van der Waals surface area contributed by atoms with Crippen LogP contribution in [0.5, 0.6) is 5.75 Å². The zero-order valence-electron chi connectivity index (χ0n) is 24.1. The van der Waals surface area contributed by atoms with Crippen LogP contribution in [0.25, 0.3) is 33.9 Å². The molecule has 44 heavy (non-hydrogen) atoms. The Balaban J connectivity index is 0.959. The van der Waals surface area contributed by atoms with Gasteiger partial charge in [-0.1, -0.05) is 11.2 Å². The van der Waals surface area contributed by atoms with Gasteiger partial charge in [-0.2, -0.15) is 4.98 Å². The van der Waals surface area contributed by atoms with Crippen LogP contribution in [0.2, 0.25) is 0 Å². The maximum Gasteiger partial charge on any atom is 0.287 e. The Morgan fingerprint density at radius 3 is 2.82 bits per heavy atom. The molecule has 5 aromatic rings. The van der Waals surface area contributed by atoms with Gasteiger partial charge in [0.25, 0.3) is 11.8 Å². The summed E-state index contributed by atoms with van der Waals surface area (Å²) in [4.78, 5) is 37.8. The van der Waals surface area contributed by atoms with E-state index in [4.69, 9.17) is 18.1 Å². The Morgan fingerprint density at radius 2 is 1.98 bits per heavy atom. The molecule has 1 fully saturated rings. The number of para-hydroxylation sites is 1. The molecule has 2 aromatic carbocycles. The Bertz CT molecular complexity index is 1730. The second kappa shape index (κ2) is 13.1. The van der Waals surface area contributed by atoms with Crippen molar-refractivity contribution >= 4 is 22.9 Å². The summed E-state index contributed by atoms with van der Waals surface area (Å²) in [5.41, 5.74) is 1.96. The highest BCUT2D eigenvalue weighted by Crippen LogP contribution is 2.30. The molecule has 0 spiro atoms. The summed E-state index contributed by atoms with van der Waals surface area (Å²) in [7, 11) is 0. The smallest absolute Gasteiger partial charge is 0.287 e. The molecule has 1 aliphatic heterocycles. The zero-order valence-corrected chi connectivity index (χ0v) is 24.1. The van der Waals surface area contributed by atoms with E-state index in [1.807, 2.05) is 0 Å². The van der Waals surface area contributed by atoms with Gasteiger partial charge in [-0.05, 0) is 62.7 Å². The van der Waals surface area contributed by atoms with E-state index in [0.717, 1.165) is 25.9 Å². The molecule has 1 N–H and O–H groups in total. The molecule has 2 amide bonds. The Morgan fingerprint density at radius 1 is 1.07 bits per heavy atom. The van der Waals surface area contributed by atoms with E-state index in [0.29, 0.717) is 48.7 Å². The van der Waals surface area contributed by atoms with Crippen molar-refractivity contribution in [2.45, 2.75) is 25.8 Å². The van der Waals surface area contributed by atoms with E-state index in [1.165, 1.54) is 18.7 Å². The largest absolute Gasteiger partial charge is 0.493 e. The molecular weight excluding hydrogens is 571 g/mol. The highest BCUT2D eigenvalue weighted by atomic mass is 19.1. The molecule has 0 saturated carbocycles. The molecule has 0 bridgehead atoms. The van der Waals surface area contributed by atoms with Crippen molar-refractivity contribution in [3.63, 3.8) is 0 Å². The van der Waals surface area contributed by atoms with Crippen molar-refractivity contribution in [1.29, 1.82) is 0 Å². The first-order valence-electron chi connectivity index (χ1n) is 14.4. The zero-order chi connectivity index (χ0) is 30.5. The number of nitrogens with one attached hydrogen (secondary N) is 1. The number of fused-ring (bicyclic) bond motifs is 1. The average molecular weight is 603 g/mol. The second-order valence-electron chi connectivity index (χ2n) is 10.5. The number of hydrogen-bond donors (Lipinski definition) is 1. The molecule has 3 aromatic heterocycles. The second-order valence-corrected chi connectivity index (χ2v) is 10.5. The van der Waals surface area contributed by atoms with Crippen molar-refractivity contribution in [1.82, 2.24) is 30.2 Å². The SMILES string of the molecule is C[C@H](NC(=O)c1ccco1)C(=O)N1CCCN(CCCOc2ccc(-c3noc(-c4cccc5ocnc45)n3)c(F)c2)CC1. The molecule has 0 aliphatic carbocycles. The molecule has 4 heterocycles. The number of ether oxygens (including phenoxy) is 1. The van der Waals surface area contributed by atoms with Crippen LogP contribution in [0, 0.1) is 5.82 Å². The summed E-state index contributed by atoms with van der Waals surface area (Å²) >= 11 is 0. The number of aromatic nitrogens is 3. The Labute approximate surface area is 251 Å². The molecule has 6 rings (SSSR count). The standard InChI is InChI=1S/C31H31FN6O6/c1-20(34-29(39)26-8-3-16-42-26)31(40)38-13-4-11-37(14-15-38)12-5-17-41-21-9-10-22(24(32)18-21)28-35-30(44-36-28)23-6-2-7-25-27(23)33-19-43-25/h2-3,6-10,16,18-20H,4-5,11-15,17H2,1H3,(H,34,39)/t20-/m0/s1. The lowest BCUT2D eigenvalue weighted by atomic mass is 10.1. The van der Waals surface area contributed by atoms with Crippen LogP contribution in [0.3, 0.4) is 0 Å². The van der Waals surface area contributed by atoms with Gasteiger partial charge < -0.3 is 33.2 Å². The molecule has 1 saturated heterocycles. The molecule has 12 nitrogen and oxygen atoms in total. The monoisotopic (exact) mass is 602 g/mol. The van der Waals surface area contributed by atoms with E-state index in [1.54, 1.807) is 54.3 Å². The first-order chi connectivity index (χ1) is 21.5. The first kappa shape index (κ1) is 29.1. The van der Waals surface area contributed by atoms with Gasteiger partial charge in [0, 0.05) is 32.2 Å². The average Bonchev–Trinajstić information content (AvgIpc) is 3.80. The summed E-state index contributed by atoms with van der Waals surface area (Å²) < 4.78 is 36.6. The van der Waals surface area contributed by atoms with E-state index in [-0.39, 0.29) is 28.9 Å². The summed E-state index contributed by atoms with van der Waals surface area (Å²) in [6.45, 7) is 5.61. The van der Waals surface area contributed by atoms with Gasteiger partial charge in [0.15, 0.2) is 17.7 Å². The number of benzene rings is 2. The minimum absolute atomic E-state index is 0.118.